The normalized spacial score (nSPS) is 15.1. The van der Waals surface area contributed by atoms with Gasteiger partial charge in [0.2, 0.25) is 11.8 Å². The van der Waals surface area contributed by atoms with Crippen LogP contribution in [0.5, 0.6) is 0 Å². The quantitative estimate of drug-likeness (QED) is 0.554. The van der Waals surface area contributed by atoms with Crippen molar-refractivity contribution in [1.82, 2.24) is 19.8 Å². The maximum Gasteiger partial charge on any atom is 0.253 e. The predicted octanol–water partition coefficient (Wildman–Crippen LogP) is -0.865. The van der Waals surface area contributed by atoms with Gasteiger partial charge >= 0.3 is 0 Å². The number of amides is 2. The van der Waals surface area contributed by atoms with Crippen molar-refractivity contribution < 1.29 is 9.59 Å². The first-order chi connectivity index (χ1) is 9.95. The molecule has 114 valence electrons. The lowest BCUT2D eigenvalue weighted by atomic mass is 10.3. The topological polar surface area (TPSA) is 112 Å². The molecule has 0 radical (unpaired) electrons. The molecule has 1 aliphatic heterocycles. The molecule has 1 aromatic rings. The lowest BCUT2D eigenvalue weighted by Gasteiger charge is -2.34. The number of hydrogen-bond acceptors (Lipinski definition) is 6. The molecule has 0 unspecified atom stereocenters. The van der Waals surface area contributed by atoms with Crippen molar-refractivity contribution in [1.29, 1.82) is 0 Å². The molecular formula is C12H17N5O3S. The van der Waals surface area contributed by atoms with Crippen LogP contribution in [0.25, 0.3) is 0 Å². The van der Waals surface area contributed by atoms with Gasteiger partial charge in [0.15, 0.2) is 5.16 Å². The molecule has 0 aromatic carbocycles. The molecule has 1 aromatic heterocycles. The van der Waals surface area contributed by atoms with Gasteiger partial charge in [0.1, 0.15) is 5.82 Å². The summed E-state index contributed by atoms with van der Waals surface area (Å²) in [6.07, 6.45) is 0. The van der Waals surface area contributed by atoms with Gasteiger partial charge in [0.05, 0.1) is 5.75 Å². The first-order valence-electron chi connectivity index (χ1n) is 6.48. The van der Waals surface area contributed by atoms with Crippen LogP contribution in [0.1, 0.15) is 6.92 Å². The Morgan fingerprint density at radius 3 is 2.52 bits per heavy atom. The molecule has 9 heteroatoms. The van der Waals surface area contributed by atoms with E-state index in [1.54, 1.807) is 9.80 Å². The maximum absolute atomic E-state index is 12.1. The van der Waals surface area contributed by atoms with Crippen LogP contribution in [-0.2, 0) is 9.59 Å². The fourth-order valence-electron chi connectivity index (χ4n) is 2.01. The zero-order chi connectivity index (χ0) is 15.4. The number of aromatic nitrogens is 2. The smallest absolute Gasteiger partial charge is 0.253 e. The Morgan fingerprint density at radius 1 is 1.33 bits per heavy atom. The summed E-state index contributed by atoms with van der Waals surface area (Å²) < 4.78 is 0. The number of anilines is 1. The van der Waals surface area contributed by atoms with Crippen molar-refractivity contribution in [2.24, 2.45) is 0 Å². The Bertz CT molecular complexity index is 595. The lowest BCUT2D eigenvalue weighted by Crippen LogP contribution is -2.50. The van der Waals surface area contributed by atoms with E-state index in [1.165, 1.54) is 13.0 Å². The Kier molecular flexibility index (Phi) is 4.84. The van der Waals surface area contributed by atoms with Gasteiger partial charge < -0.3 is 20.5 Å². The Hall–Kier alpha value is -2.03. The van der Waals surface area contributed by atoms with Gasteiger partial charge in [-0.15, -0.1) is 0 Å². The highest BCUT2D eigenvalue weighted by molar-refractivity contribution is 7.99. The van der Waals surface area contributed by atoms with E-state index >= 15 is 0 Å². The molecule has 2 rings (SSSR count). The van der Waals surface area contributed by atoms with Gasteiger partial charge in [-0.3, -0.25) is 14.4 Å². The van der Waals surface area contributed by atoms with Gasteiger partial charge in [-0.2, -0.15) is 0 Å². The minimum absolute atomic E-state index is 0.0259. The van der Waals surface area contributed by atoms with Crippen LogP contribution in [0.3, 0.4) is 0 Å². The number of nitrogens with one attached hydrogen (secondary N) is 1. The lowest BCUT2D eigenvalue weighted by molar-refractivity contribution is -0.136. The largest absolute Gasteiger partial charge is 0.383 e. The van der Waals surface area contributed by atoms with Gasteiger partial charge in [0.25, 0.3) is 5.56 Å². The first-order valence-corrected chi connectivity index (χ1v) is 7.47. The molecule has 1 aliphatic rings. The monoisotopic (exact) mass is 311 g/mol. The van der Waals surface area contributed by atoms with Crippen molar-refractivity contribution in [2.75, 3.05) is 37.7 Å². The van der Waals surface area contributed by atoms with E-state index in [4.69, 9.17) is 5.73 Å². The third-order valence-corrected chi connectivity index (χ3v) is 4.01. The minimum Gasteiger partial charge on any atom is -0.383 e. The fraction of sp³-hybridized carbons (Fsp3) is 0.500. The number of rotatable bonds is 3. The number of aromatic amines is 1. The van der Waals surface area contributed by atoms with E-state index in [9.17, 15) is 14.4 Å². The number of nitrogens with two attached hydrogens (primary N) is 1. The third-order valence-electron chi connectivity index (χ3n) is 3.15. The van der Waals surface area contributed by atoms with Gasteiger partial charge in [-0.05, 0) is 0 Å². The molecule has 3 N–H and O–H groups in total. The van der Waals surface area contributed by atoms with Crippen molar-refractivity contribution in [2.45, 2.75) is 12.1 Å². The average Bonchev–Trinajstić information content (AvgIpc) is 2.44. The second-order valence-electron chi connectivity index (χ2n) is 4.65. The van der Waals surface area contributed by atoms with Crippen LogP contribution in [0.4, 0.5) is 5.82 Å². The highest BCUT2D eigenvalue weighted by Gasteiger charge is 2.22. The number of H-pyrrole nitrogens is 1. The van der Waals surface area contributed by atoms with E-state index in [2.05, 4.69) is 9.97 Å². The summed E-state index contributed by atoms with van der Waals surface area (Å²) in [7, 11) is 0. The van der Waals surface area contributed by atoms with Crippen LogP contribution >= 0.6 is 11.8 Å². The highest BCUT2D eigenvalue weighted by Crippen LogP contribution is 2.13. The Morgan fingerprint density at radius 2 is 1.95 bits per heavy atom. The Labute approximate surface area is 125 Å². The van der Waals surface area contributed by atoms with Crippen LogP contribution in [-0.4, -0.2) is 63.5 Å². The molecule has 1 fully saturated rings. The number of carbonyl (C=O) groups excluding carboxylic acids is 2. The molecule has 0 saturated carbocycles. The standard InChI is InChI=1S/C12H17N5O3S/c1-8(18)16-2-4-17(5-3-16)11(20)7-21-12-14-9(13)6-10(19)15-12/h6H,2-5,7H2,1H3,(H3,13,14,15,19). The summed E-state index contributed by atoms with van der Waals surface area (Å²) >= 11 is 1.14. The number of nitrogens with zero attached hydrogens (tertiary/aromatic N) is 3. The summed E-state index contributed by atoms with van der Waals surface area (Å²) in [4.78, 5) is 44.4. The minimum atomic E-state index is -0.340. The summed E-state index contributed by atoms with van der Waals surface area (Å²) in [5.41, 5.74) is 5.13. The second kappa shape index (κ2) is 6.61. The number of hydrogen-bond donors (Lipinski definition) is 2. The summed E-state index contributed by atoms with van der Waals surface area (Å²) in [6.45, 7) is 3.69. The molecular weight excluding hydrogens is 294 g/mol. The maximum atomic E-state index is 12.1. The molecule has 0 aliphatic carbocycles. The van der Waals surface area contributed by atoms with Crippen molar-refractivity contribution in [3.8, 4) is 0 Å². The molecule has 0 spiro atoms. The van der Waals surface area contributed by atoms with Gasteiger partial charge in [0, 0.05) is 39.2 Å². The predicted molar refractivity (Wildman–Crippen MR) is 78.8 cm³/mol. The number of nitrogen functional groups attached to an aromatic ring is 1. The second-order valence-corrected chi connectivity index (χ2v) is 5.61. The van der Waals surface area contributed by atoms with Crippen LogP contribution in [0, 0.1) is 0 Å². The van der Waals surface area contributed by atoms with Crippen LogP contribution in [0.15, 0.2) is 16.0 Å². The number of carbonyl (C=O) groups is 2. The molecule has 21 heavy (non-hydrogen) atoms. The fourth-order valence-corrected chi connectivity index (χ4v) is 2.80. The SMILES string of the molecule is CC(=O)N1CCN(C(=O)CSc2nc(N)cc(=O)[nH]2)CC1. The van der Waals surface area contributed by atoms with Crippen molar-refractivity contribution >= 4 is 29.4 Å². The van der Waals surface area contributed by atoms with Gasteiger partial charge in [-0.1, -0.05) is 11.8 Å². The molecule has 1 saturated heterocycles. The van der Waals surface area contributed by atoms with E-state index in [0.29, 0.717) is 31.3 Å². The van der Waals surface area contributed by atoms with Crippen LogP contribution in [0.2, 0.25) is 0 Å². The average molecular weight is 311 g/mol. The van der Waals surface area contributed by atoms with E-state index in [-0.39, 0.29) is 28.9 Å². The number of piperazine rings is 1. The summed E-state index contributed by atoms with van der Waals surface area (Å²) in [5.74, 6) is 0.280. The Balaban J connectivity index is 1.85. The third kappa shape index (κ3) is 4.22. The van der Waals surface area contributed by atoms with Gasteiger partial charge in [-0.25, -0.2) is 4.98 Å². The molecule has 0 atom stereocenters. The molecule has 0 bridgehead atoms. The molecule has 8 nitrogen and oxygen atoms in total. The zero-order valence-corrected chi connectivity index (χ0v) is 12.5. The molecule has 2 heterocycles. The van der Waals surface area contributed by atoms with Crippen molar-refractivity contribution in [3.05, 3.63) is 16.4 Å². The summed E-state index contributed by atoms with van der Waals surface area (Å²) in [5, 5.41) is 0.329. The first kappa shape index (κ1) is 15.4. The van der Waals surface area contributed by atoms with Crippen molar-refractivity contribution in [3.63, 3.8) is 0 Å². The van der Waals surface area contributed by atoms with E-state index in [1.807, 2.05) is 0 Å². The molecule has 2 amide bonds. The highest BCUT2D eigenvalue weighted by atomic mass is 32.2. The summed E-state index contributed by atoms with van der Waals surface area (Å²) in [6, 6.07) is 1.19. The van der Waals surface area contributed by atoms with E-state index in [0.717, 1.165) is 11.8 Å². The zero-order valence-electron chi connectivity index (χ0n) is 11.7. The van der Waals surface area contributed by atoms with E-state index < -0.39 is 0 Å². The number of thioether (sulfide) groups is 1. The van der Waals surface area contributed by atoms with Crippen LogP contribution < -0.4 is 11.3 Å².